The molecule has 0 saturated heterocycles. The van der Waals surface area contributed by atoms with Crippen LogP contribution in [0, 0.1) is 5.92 Å². The number of aliphatic hydroxyl groups excluding tert-OH is 1. The van der Waals surface area contributed by atoms with Crippen molar-refractivity contribution in [3.05, 3.63) is 0 Å². The smallest absolute Gasteiger partial charge is 0.0431 e. The summed E-state index contributed by atoms with van der Waals surface area (Å²) in [5, 5.41) is 8.38. The van der Waals surface area contributed by atoms with Gasteiger partial charge in [0.2, 0.25) is 0 Å². The third-order valence-electron chi connectivity index (χ3n) is 1.19. The van der Waals surface area contributed by atoms with Gasteiger partial charge in [-0.1, -0.05) is 26.7 Å². The molecule has 0 aromatic heterocycles. The molecule has 0 atom stereocenters. The Bertz CT molecular complexity index is 51.0. The van der Waals surface area contributed by atoms with Crippen LogP contribution in [0.1, 0.15) is 33.1 Å². The van der Waals surface area contributed by atoms with E-state index in [0.717, 1.165) is 12.3 Å². The summed E-state index contributed by atoms with van der Waals surface area (Å²) in [6.45, 7) is 4.77. The molecule has 0 aromatic carbocycles. The fourth-order valence-corrected chi connectivity index (χ4v) is 0.664. The molecule has 4 heteroatoms. The van der Waals surface area contributed by atoms with Gasteiger partial charge in [0.25, 0.3) is 0 Å². The van der Waals surface area contributed by atoms with Crippen molar-refractivity contribution in [2.45, 2.75) is 33.1 Å². The minimum absolute atomic E-state index is 0. The summed E-state index contributed by atoms with van der Waals surface area (Å²) in [6, 6.07) is 0. The standard InChI is InChI=1S/C7H16O.2H2O.Ti/c1-7(2)5-3-4-6-8;;;/h7-8H,3-6H2,1-2H3;2*1H2;. The van der Waals surface area contributed by atoms with Gasteiger partial charge in [0, 0.05) is 28.3 Å². The van der Waals surface area contributed by atoms with E-state index in [1.165, 1.54) is 12.8 Å². The van der Waals surface area contributed by atoms with Crippen LogP contribution in [0.15, 0.2) is 0 Å². The van der Waals surface area contributed by atoms with Gasteiger partial charge in [-0.25, -0.2) is 0 Å². The zero-order valence-electron chi connectivity index (χ0n) is 7.35. The summed E-state index contributed by atoms with van der Waals surface area (Å²) in [5.41, 5.74) is 0. The molecule has 0 spiro atoms. The maximum absolute atomic E-state index is 8.38. The van der Waals surface area contributed by atoms with Crippen LogP contribution in [0.5, 0.6) is 0 Å². The molecule has 11 heavy (non-hydrogen) atoms. The van der Waals surface area contributed by atoms with Crippen LogP contribution in [-0.2, 0) is 21.7 Å². The number of rotatable bonds is 4. The Morgan fingerprint density at radius 1 is 1.09 bits per heavy atom. The number of unbranched alkanes of at least 4 members (excludes halogenated alkanes) is 1. The van der Waals surface area contributed by atoms with Gasteiger partial charge in [-0.2, -0.15) is 0 Å². The van der Waals surface area contributed by atoms with Gasteiger partial charge in [0.05, 0.1) is 0 Å². The minimum atomic E-state index is 0. The first-order valence-electron chi connectivity index (χ1n) is 3.38. The van der Waals surface area contributed by atoms with E-state index in [1.807, 2.05) is 0 Å². The Morgan fingerprint density at radius 2 is 1.55 bits per heavy atom. The molecule has 0 aliphatic carbocycles. The Kier molecular flexibility index (Phi) is 34.7. The molecular weight excluding hydrogens is 180 g/mol. The van der Waals surface area contributed by atoms with Crippen LogP contribution in [-0.4, -0.2) is 22.7 Å². The minimum Gasteiger partial charge on any atom is -0.412 e. The van der Waals surface area contributed by atoms with E-state index in [-0.39, 0.29) is 32.7 Å². The van der Waals surface area contributed by atoms with Gasteiger partial charge in [-0.3, -0.25) is 0 Å². The predicted octanol–water partition coefficient (Wildman–Crippen LogP) is 0.153. The molecule has 0 rings (SSSR count). The van der Waals surface area contributed by atoms with Crippen molar-refractivity contribution in [3.8, 4) is 0 Å². The fourth-order valence-electron chi connectivity index (χ4n) is 0.664. The third-order valence-corrected chi connectivity index (χ3v) is 1.19. The Morgan fingerprint density at radius 3 is 1.82 bits per heavy atom. The van der Waals surface area contributed by atoms with Gasteiger partial charge in [0.1, 0.15) is 0 Å². The molecular formula is C7H20O3Ti. The molecule has 70 valence electrons. The Labute approximate surface area is 83.7 Å². The Hall–Kier alpha value is 0.594. The summed E-state index contributed by atoms with van der Waals surface area (Å²) < 4.78 is 0. The summed E-state index contributed by atoms with van der Waals surface area (Å²) in [6.07, 6.45) is 3.40. The van der Waals surface area contributed by atoms with Crippen molar-refractivity contribution in [2.75, 3.05) is 6.61 Å². The van der Waals surface area contributed by atoms with E-state index >= 15 is 0 Å². The second-order valence-electron chi connectivity index (χ2n) is 2.61. The molecule has 0 saturated carbocycles. The summed E-state index contributed by atoms with van der Waals surface area (Å²) in [4.78, 5) is 0. The summed E-state index contributed by atoms with van der Waals surface area (Å²) >= 11 is 0. The van der Waals surface area contributed by atoms with Crippen molar-refractivity contribution in [2.24, 2.45) is 5.92 Å². The monoisotopic (exact) mass is 200 g/mol. The average molecular weight is 200 g/mol. The second-order valence-corrected chi connectivity index (χ2v) is 2.61. The molecule has 0 radical (unpaired) electrons. The normalized spacial score (nSPS) is 7.64. The van der Waals surface area contributed by atoms with E-state index < -0.39 is 0 Å². The quantitative estimate of drug-likeness (QED) is 0.508. The number of aliphatic hydroxyl groups is 1. The van der Waals surface area contributed by atoms with Crippen molar-refractivity contribution < 1.29 is 37.8 Å². The zero-order valence-corrected chi connectivity index (χ0v) is 8.91. The maximum Gasteiger partial charge on any atom is 0.0431 e. The van der Waals surface area contributed by atoms with Gasteiger partial charge >= 0.3 is 0 Å². The fraction of sp³-hybridized carbons (Fsp3) is 1.00. The molecule has 0 aliphatic heterocycles. The van der Waals surface area contributed by atoms with Crippen LogP contribution < -0.4 is 0 Å². The van der Waals surface area contributed by atoms with E-state index in [0.29, 0.717) is 6.61 Å². The second kappa shape index (κ2) is 16.9. The van der Waals surface area contributed by atoms with E-state index in [4.69, 9.17) is 5.11 Å². The molecule has 0 bridgehead atoms. The summed E-state index contributed by atoms with van der Waals surface area (Å²) in [5.74, 6) is 0.793. The maximum atomic E-state index is 8.38. The first kappa shape index (κ1) is 22.6. The zero-order chi connectivity index (χ0) is 6.41. The number of hydrogen-bond donors (Lipinski definition) is 1. The van der Waals surface area contributed by atoms with Gasteiger partial charge < -0.3 is 16.1 Å². The third kappa shape index (κ3) is 25.0. The van der Waals surface area contributed by atoms with Crippen LogP contribution in [0.2, 0.25) is 0 Å². The largest absolute Gasteiger partial charge is 0.412 e. The molecule has 0 amide bonds. The van der Waals surface area contributed by atoms with Crippen molar-refractivity contribution in [1.29, 1.82) is 0 Å². The van der Waals surface area contributed by atoms with Crippen molar-refractivity contribution in [3.63, 3.8) is 0 Å². The van der Waals surface area contributed by atoms with Crippen LogP contribution in [0.4, 0.5) is 0 Å². The molecule has 0 aromatic rings. The van der Waals surface area contributed by atoms with Gasteiger partial charge in [-0.15, -0.1) is 0 Å². The van der Waals surface area contributed by atoms with E-state index in [9.17, 15) is 0 Å². The van der Waals surface area contributed by atoms with Crippen molar-refractivity contribution >= 4 is 0 Å². The van der Waals surface area contributed by atoms with Gasteiger partial charge in [0.15, 0.2) is 0 Å². The molecule has 0 fully saturated rings. The van der Waals surface area contributed by atoms with Gasteiger partial charge in [-0.05, 0) is 12.3 Å². The predicted molar refractivity (Wildman–Crippen MR) is 43.0 cm³/mol. The van der Waals surface area contributed by atoms with Crippen LogP contribution >= 0.6 is 0 Å². The molecule has 0 aliphatic rings. The molecule has 5 N–H and O–H groups in total. The SMILES string of the molecule is CC(C)CCCCO.O.O.[Ti]. The summed E-state index contributed by atoms with van der Waals surface area (Å²) in [7, 11) is 0. The average Bonchev–Trinajstić information content (AvgIpc) is 1.66. The topological polar surface area (TPSA) is 83.2 Å². The van der Waals surface area contributed by atoms with Crippen LogP contribution in [0.25, 0.3) is 0 Å². The number of hydrogen-bond acceptors (Lipinski definition) is 1. The Balaban J connectivity index is -0.0000000817. The van der Waals surface area contributed by atoms with E-state index in [2.05, 4.69) is 13.8 Å². The molecule has 0 heterocycles. The first-order chi connectivity index (χ1) is 3.77. The van der Waals surface area contributed by atoms with E-state index in [1.54, 1.807) is 0 Å². The van der Waals surface area contributed by atoms with Crippen molar-refractivity contribution in [1.82, 2.24) is 0 Å². The first-order valence-corrected chi connectivity index (χ1v) is 3.38. The van der Waals surface area contributed by atoms with Crippen LogP contribution in [0.3, 0.4) is 0 Å². The molecule has 3 nitrogen and oxygen atoms in total. The molecule has 0 unspecified atom stereocenters.